The van der Waals surface area contributed by atoms with Crippen LogP contribution in [0.2, 0.25) is 0 Å². The first-order valence-corrected chi connectivity index (χ1v) is 8.03. The summed E-state index contributed by atoms with van der Waals surface area (Å²) < 4.78 is 15.3. The molecule has 2 amide bonds. The largest absolute Gasteiger partial charge is 0.497 e. The van der Waals surface area contributed by atoms with Gasteiger partial charge in [0.25, 0.3) is 5.91 Å². The van der Waals surface area contributed by atoms with Crippen molar-refractivity contribution in [2.24, 2.45) is 0 Å². The number of ether oxygens (including phenoxy) is 3. The third-order valence-electron chi connectivity index (χ3n) is 3.67. The molecule has 7 nitrogen and oxygen atoms in total. The number of nitrogens with one attached hydrogen (secondary N) is 1. The maximum atomic E-state index is 12.5. The number of methoxy groups -OCH3 is 2. The summed E-state index contributed by atoms with van der Waals surface area (Å²) in [5.41, 5.74) is 1.66. The van der Waals surface area contributed by atoms with E-state index < -0.39 is 6.09 Å². The Labute approximate surface area is 152 Å². The van der Waals surface area contributed by atoms with Crippen LogP contribution in [0.5, 0.6) is 11.5 Å². The fraction of sp³-hybridized carbons (Fsp3) is 0.263. The van der Waals surface area contributed by atoms with Gasteiger partial charge in [0.15, 0.2) is 0 Å². The molecule has 0 heterocycles. The predicted molar refractivity (Wildman–Crippen MR) is 99.4 cm³/mol. The van der Waals surface area contributed by atoms with E-state index in [1.165, 1.54) is 19.1 Å². The third-order valence-corrected chi connectivity index (χ3v) is 3.67. The first-order chi connectivity index (χ1) is 12.5. The molecule has 2 aromatic carbocycles. The van der Waals surface area contributed by atoms with Gasteiger partial charge < -0.3 is 19.5 Å². The molecule has 0 radical (unpaired) electrons. The maximum absolute atomic E-state index is 12.5. The van der Waals surface area contributed by atoms with Crippen molar-refractivity contribution in [2.75, 3.05) is 38.1 Å². The van der Waals surface area contributed by atoms with Crippen LogP contribution >= 0.6 is 0 Å². The van der Waals surface area contributed by atoms with Gasteiger partial charge in [0.05, 0.1) is 20.8 Å². The molecule has 0 saturated heterocycles. The van der Waals surface area contributed by atoms with E-state index in [4.69, 9.17) is 14.2 Å². The van der Waals surface area contributed by atoms with E-state index in [-0.39, 0.29) is 5.91 Å². The van der Waals surface area contributed by atoms with Crippen LogP contribution in [0.15, 0.2) is 42.5 Å². The van der Waals surface area contributed by atoms with Gasteiger partial charge in [-0.05, 0) is 43.3 Å². The van der Waals surface area contributed by atoms with E-state index >= 15 is 0 Å². The van der Waals surface area contributed by atoms with Crippen molar-refractivity contribution in [1.29, 1.82) is 0 Å². The zero-order chi connectivity index (χ0) is 19.1. The number of anilines is 2. The highest BCUT2D eigenvalue weighted by Gasteiger charge is 2.13. The van der Waals surface area contributed by atoms with Crippen LogP contribution in [0.4, 0.5) is 16.2 Å². The Morgan fingerprint density at radius 2 is 1.58 bits per heavy atom. The summed E-state index contributed by atoms with van der Waals surface area (Å²) in [6.07, 6.45) is -0.437. The van der Waals surface area contributed by atoms with Crippen molar-refractivity contribution < 1.29 is 23.8 Å². The van der Waals surface area contributed by atoms with Crippen LogP contribution in [0.3, 0.4) is 0 Å². The Morgan fingerprint density at radius 3 is 2.08 bits per heavy atom. The topological polar surface area (TPSA) is 77.1 Å². The van der Waals surface area contributed by atoms with Gasteiger partial charge in [0, 0.05) is 30.1 Å². The highest BCUT2D eigenvalue weighted by atomic mass is 16.6. The first-order valence-electron chi connectivity index (χ1n) is 8.03. The molecule has 7 heteroatoms. The minimum Gasteiger partial charge on any atom is -0.497 e. The van der Waals surface area contributed by atoms with Crippen LogP contribution in [-0.2, 0) is 4.74 Å². The van der Waals surface area contributed by atoms with E-state index in [0.717, 1.165) is 0 Å². The molecule has 0 aliphatic carbocycles. The number of carbonyl (C=O) groups is 2. The third kappa shape index (κ3) is 4.66. The number of hydrogen-bond donors (Lipinski definition) is 1. The molecule has 2 rings (SSSR count). The van der Waals surface area contributed by atoms with Crippen LogP contribution in [-0.4, -0.2) is 39.9 Å². The minimum absolute atomic E-state index is 0.298. The predicted octanol–water partition coefficient (Wildman–Crippen LogP) is 3.55. The van der Waals surface area contributed by atoms with Crippen molar-refractivity contribution >= 4 is 23.4 Å². The quantitative estimate of drug-likeness (QED) is 0.854. The Balaban J connectivity index is 2.11. The molecule has 0 atom stereocenters. The lowest BCUT2D eigenvalue weighted by Gasteiger charge is -2.17. The lowest BCUT2D eigenvalue weighted by molar-refractivity contribution is 0.102. The molecule has 138 valence electrons. The Bertz CT molecular complexity index is 752. The van der Waals surface area contributed by atoms with Crippen LogP contribution < -0.4 is 19.7 Å². The summed E-state index contributed by atoms with van der Waals surface area (Å²) in [7, 11) is 4.67. The number of carbonyl (C=O) groups excluding carboxylic acids is 2. The van der Waals surface area contributed by atoms with Gasteiger partial charge in [0.1, 0.15) is 11.5 Å². The molecule has 0 fully saturated rings. The molecule has 0 aromatic heterocycles. The minimum atomic E-state index is -0.437. The van der Waals surface area contributed by atoms with E-state index in [1.807, 2.05) is 0 Å². The second kappa shape index (κ2) is 8.75. The summed E-state index contributed by atoms with van der Waals surface area (Å²) in [5, 5.41) is 2.80. The lowest BCUT2D eigenvalue weighted by atomic mass is 10.1. The van der Waals surface area contributed by atoms with Gasteiger partial charge in [-0.2, -0.15) is 0 Å². The zero-order valence-electron chi connectivity index (χ0n) is 15.2. The number of rotatable bonds is 6. The summed E-state index contributed by atoms with van der Waals surface area (Å²) in [5.74, 6) is 0.760. The van der Waals surface area contributed by atoms with Crippen molar-refractivity contribution in [3.63, 3.8) is 0 Å². The Kier molecular flexibility index (Phi) is 6.43. The molecule has 1 N–H and O–H groups in total. The van der Waals surface area contributed by atoms with Gasteiger partial charge in [0.2, 0.25) is 0 Å². The summed E-state index contributed by atoms with van der Waals surface area (Å²) in [4.78, 5) is 25.6. The average molecular weight is 358 g/mol. The molecular formula is C19H22N2O5. The molecule has 0 aliphatic rings. The number of benzene rings is 2. The zero-order valence-corrected chi connectivity index (χ0v) is 15.2. The van der Waals surface area contributed by atoms with Gasteiger partial charge in [-0.3, -0.25) is 9.69 Å². The van der Waals surface area contributed by atoms with Gasteiger partial charge in [-0.15, -0.1) is 0 Å². The van der Waals surface area contributed by atoms with Crippen molar-refractivity contribution in [2.45, 2.75) is 6.92 Å². The van der Waals surface area contributed by atoms with Crippen LogP contribution in [0.25, 0.3) is 0 Å². The molecule has 26 heavy (non-hydrogen) atoms. The van der Waals surface area contributed by atoms with Crippen molar-refractivity contribution in [3.8, 4) is 11.5 Å². The van der Waals surface area contributed by atoms with Gasteiger partial charge in [-0.25, -0.2) is 4.79 Å². The normalized spacial score (nSPS) is 10.0. The van der Waals surface area contributed by atoms with Crippen molar-refractivity contribution in [1.82, 2.24) is 0 Å². The SMILES string of the molecule is CCOC(=O)N(C)c1ccc(NC(=O)c2cc(OC)cc(OC)c2)cc1. The van der Waals surface area contributed by atoms with Crippen molar-refractivity contribution in [3.05, 3.63) is 48.0 Å². The van der Waals surface area contributed by atoms with E-state index in [2.05, 4.69) is 5.32 Å². The molecule has 0 unspecified atom stereocenters. The first kappa shape index (κ1) is 19.1. The maximum Gasteiger partial charge on any atom is 0.413 e. The number of nitrogens with zero attached hydrogens (tertiary/aromatic N) is 1. The monoisotopic (exact) mass is 358 g/mol. The lowest BCUT2D eigenvalue weighted by Crippen LogP contribution is -2.26. The molecular weight excluding hydrogens is 336 g/mol. The van der Waals surface area contributed by atoms with E-state index in [1.54, 1.807) is 56.4 Å². The smallest absolute Gasteiger partial charge is 0.413 e. The summed E-state index contributed by atoms with van der Waals surface area (Å²) in [6, 6.07) is 11.8. The van der Waals surface area contributed by atoms with Crippen LogP contribution in [0, 0.1) is 0 Å². The second-order valence-corrected chi connectivity index (χ2v) is 5.36. The standard InChI is InChI=1S/C19H22N2O5/c1-5-26-19(23)21(2)15-8-6-14(7-9-15)20-18(22)13-10-16(24-3)12-17(11-13)25-4/h6-12H,5H2,1-4H3,(H,20,22). The van der Waals surface area contributed by atoms with Gasteiger partial charge in [-0.1, -0.05) is 0 Å². The van der Waals surface area contributed by atoms with E-state index in [0.29, 0.717) is 35.0 Å². The average Bonchev–Trinajstić information content (AvgIpc) is 2.67. The van der Waals surface area contributed by atoms with Gasteiger partial charge >= 0.3 is 6.09 Å². The number of hydrogen-bond acceptors (Lipinski definition) is 5. The highest BCUT2D eigenvalue weighted by molar-refractivity contribution is 6.05. The fourth-order valence-corrected chi connectivity index (χ4v) is 2.24. The fourth-order valence-electron chi connectivity index (χ4n) is 2.24. The van der Waals surface area contributed by atoms with Crippen LogP contribution in [0.1, 0.15) is 17.3 Å². The number of amides is 2. The Hall–Kier alpha value is -3.22. The molecule has 0 saturated carbocycles. The summed E-state index contributed by atoms with van der Waals surface area (Å²) in [6.45, 7) is 2.05. The molecule has 2 aromatic rings. The highest BCUT2D eigenvalue weighted by Crippen LogP contribution is 2.24. The summed E-state index contributed by atoms with van der Waals surface area (Å²) >= 11 is 0. The molecule has 0 bridgehead atoms. The Morgan fingerprint density at radius 1 is 1.00 bits per heavy atom. The molecule has 0 spiro atoms. The molecule has 0 aliphatic heterocycles. The van der Waals surface area contributed by atoms with E-state index in [9.17, 15) is 9.59 Å². The second-order valence-electron chi connectivity index (χ2n) is 5.36.